The summed E-state index contributed by atoms with van der Waals surface area (Å²) < 4.78 is 1.37. The van der Waals surface area contributed by atoms with Crippen LogP contribution in [0, 0.1) is 17.8 Å². The van der Waals surface area contributed by atoms with Crippen LogP contribution in [0.5, 0.6) is 0 Å². The molecule has 1 aromatic carbocycles. The summed E-state index contributed by atoms with van der Waals surface area (Å²) >= 11 is 0. The lowest BCUT2D eigenvalue weighted by atomic mass is 9.48. The first-order valence-electron chi connectivity index (χ1n) is 11.1. The number of nitrogens with one attached hydrogen (secondary N) is 2. The molecule has 0 spiro atoms. The summed E-state index contributed by atoms with van der Waals surface area (Å²) in [7, 11) is 1.80. The van der Waals surface area contributed by atoms with Crippen molar-refractivity contribution in [2.24, 2.45) is 17.8 Å². The van der Waals surface area contributed by atoms with Gasteiger partial charge in [0, 0.05) is 13.1 Å². The minimum Gasteiger partial charge on any atom is -0.386 e. The summed E-state index contributed by atoms with van der Waals surface area (Å²) in [6.45, 7) is 0. The first kappa shape index (κ1) is 18.7. The second kappa shape index (κ2) is 6.22. The van der Waals surface area contributed by atoms with E-state index in [4.69, 9.17) is 5.73 Å². The van der Waals surface area contributed by atoms with Crippen molar-refractivity contribution >= 4 is 23.3 Å². The number of pyridine rings is 1. The molecule has 2 heterocycles. The number of hydrogen-bond acceptors (Lipinski definition) is 5. The van der Waals surface area contributed by atoms with Crippen LogP contribution in [0.25, 0.3) is 5.69 Å². The van der Waals surface area contributed by atoms with Crippen LogP contribution >= 0.6 is 0 Å². The maximum Gasteiger partial charge on any atom is 0.262 e. The Morgan fingerprint density at radius 1 is 1.00 bits per heavy atom. The van der Waals surface area contributed by atoms with E-state index in [0.717, 1.165) is 23.4 Å². The monoisotopic (exact) mass is 418 g/mol. The summed E-state index contributed by atoms with van der Waals surface area (Å²) in [5.74, 6) is 1.29. The quantitative estimate of drug-likeness (QED) is 0.665. The molecule has 0 saturated heterocycles. The lowest BCUT2D eigenvalue weighted by Gasteiger charge is -2.57. The Morgan fingerprint density at radius 2 is 1.65 bits per heavy atom. The van der Waals surface area contributed by atoms with Crippen LogP contribution in [-0.4, -0.2) is 23.4 Å². The first-order valence-corrected chi connectivity index (χ1v) is 11.1. The number of amides is 2. The minimum atomic E-state index is -0.577. The van der Waals surface area contributed by atoms with Crippen LogP contribution in [0.1, 0.15) is 64.8 Å². The Bertz CT molecular complexity index is 1180. The van der Waals surface area contributed by atoms with Gasteiger partial charge in [-0.2, -0.15) is 0 Å². The third kappa shape index (κ3) is 2.55. The van der Waals surface area contributed by atoms with E-state index >= 15 is 0 Å². The highest BCUT2D eigenvalue weighted by molar-refractivity contribution is 6.23. The molecule has 4 fully saturated rings. The lowest BCUT2D eigenvalue weighted by Crippen LogP contribution is -2.48. The predicted octanol–water partition coefficient (Wildman–Crippen LogP) is 2.81. The van der Waals surface area contributed by atoms with E-state index in [1.807, 2.05) is 6.07 Å². The highest BCUT2D eigenvalue weighted by Crippen LogP contribution is 2.61. The summed E-state index contributed by atoms with van der Waals surface area (Å²) in [4.78, 5) is 37.4. The minimum absolute atomic E-state index is 0.00464. The molecule has 0 radical (unpaired) electrons. The van der Waals surface area contributed by atoms with Gasteiger partial charge in [-0.3, -0.25) is 24.3 Å². The van der Waals surface area contributed by atoms with Crippen molar-refractivity contribution in [3.63, 3.8) is 0 Å². The van der Waals surface area contributed by atoms with Crippen LogP contribution in [0.3, 0.4) is 0 Å². The number of nitrogen functional groups attached to an aromatic ring is 1. The van der Waals surface area contributed by atoms with E-state index < -0.39 is 17.4 Å². The van der Waals surface area contributed by atoms with Crippen molar-refractivity contribution in [3.05, 3.63) is 51.3 Å². The molecule has 31 heavy (non-hydrogen) atoms. The molecule has 4 aliphatic carbocycles. The molecule has 4 N–H and O–H groups in total. The molecule has 4 saturated carbocycles. The van der Waals surface area contributed by atoms with Crippen molar-refractivity contribution in [3.8, 4) is 5.69 Å². The van der Waals surface area contributed by atoms with Gasteiger partial charge in [-0.05, 0) is 79.4 Å². The zero-order valence-corrected chi connectivity index (χ0v) is 17.5. The number of nitrogens with two attached hydrogens (primary N) is 1. The molecule has 5 aliphatic rings. The standard InChI is InChI=1S/C24H26N4O3/c1-26-17-3-2-15(24-9-12-4-13(10-24)6-14(5-12)11-24)7-18(17)28-19(29)8-16-20(21(28)25)23(31)27-22(16)30/h2-3,7-8,12-14,26H,4-6,9-11,25H2,1H3,(H,27,30,31). The fourth-order valence-corrected chi connectivity index (χ4v) is 7.25. The molecule has 4 bridgehead atoms. The average molecular weight is 418 g/mol. The molecule has 1 aliphatic heterocycles. The molecule has 0 unspecified atom stereocenters. The Labute approximate surface area is 180 Å². The van der Waals surface area contributed by atoms with E-state index in [1.54, 1.807) is 7.05 Å². The van der Waals surface area contributed by atoms with Crippen molar-refractivity contribution in [1.29, 1.82) is 0 Å². The maximum absolute atomic E-state index is 13.0. The fraction of sp³-hybridized carbons (Fsp3) is 0.458. The summed E-state index contributed by atoms with van der Waals surface area (Å²) in [5, 5.41) is 5.39. The van der Waals surface area contributed by atoms with Crippen LogP contribution < -0.4 is 21.9 Å². The summed E-state index contributed by atoms with van der Waals surface area (Å²) in [6, 6.07) is 7.49. The number of aromatic nitrogens is 1. The average Bonchev–Trinajstić information content (AvgIpc) is 3.00. The van der Waals surface area contributed by atoms with Crippen LogP contribution in [-0.2, 0) is 5.41 Å². The van der Waals surface area contributed by atoms with Gasteiger partial charge < -0.3 is 11.1 Å². The van der Waals surface area contributed by atoms with Gasteiger partial charge in [0.1, 0.15) is 5.82 Å². The van der Waals surface area contributed by atoms with E-state index in [1.165, 1.54) is 54.7 Å². The van der Waals surface area contributed by atoms with E-state index in [-0.39, 0.29) is 22.4 Å². The zero-order valence-electron chi connectivity index (χ0n) is 17.5. The molecular weight excluding hydrogens is 392 g/mol. The fourth-order valence-electron chi connectivity index (χ4n) is 7.25. The number of imide groups is 1. The molecule has 7 heteroatoms. The summed E-state index contributed by atoms with van der Waals surface area (Å²) in [6.07, 6.45) is 7.72. The molecule has 0 atom stereocenters. The Balaban J connectivity index is 1.53. The van der Waals surface area contributed by atoms with Gasteiger partial charge in [0.25, 0.3) is 17.4 Å². The second-order valence-corrected chi connectivity index (χ2v) is 9.95. The molecule has 2 amide bonds. The molecular formula is C24H26N4O3. The van der Waals surface area contributed by atoms with Crippen molar-refractivity contribution in [2.45, 2.75) is 43.9 Å². The molecule has 2 aromatic rings. The largest absolute Gasteiger partial charge is 0.386 e. The predicted molar refractivity (Wildman–Crippen MR) is 118 cm³/mol. The molecule has 1 aromatic heterocycles. The Morgan fingerprint density at radius 3 is 2.26 bits per heavy atom. The molecule has 7 nitrogen and oxygen atoms in total. The summed E-state index contributed by atoms with van der Waals surface area (Å²) in [5.41, 5.74) is 8.84. The van der Waals surface area contributed by atoms with Gasteiger partial charge in [0.2, 0.25) is 0 Å². The first-order chi connectivity index (χ1) is 14.9. The molecule has 7 rings (SSSR count). The number of rotatable bonds is 3. The highest BCUT2D eigenvalue weighted by Gasteiger charge is 2.51. The van der Waals surface area contributed by atoms with Crippen molar-refractivity contribution < 1.29 is 9.59 Å². The van der Waals surface area contributed by atoms with Crippen LogP contribution in [0.4, 0.5) is 11.5 Å². The van der Waals surface area contributed by atoms with Gasteiger partial charge in [0.15, 0.2) is 0 Å². The SMILES string of the molecule is CNc1ccc(C23CC4CC(CC(C4)C2)C3)cc1-n1c(N)c2c(cc1=O)C(=O)NC2=O. The van der Waals surface area contributed by atoms with E-state index in [2.05, 4.69) is 22.8 Å². The number of anilines is 2. The third-order valence-electron chi connectivity index (χ3n) is 8.11. The number of benzene rings is 1. The van der Waals surface area contributed by atoms with Gasteiger partial charge >= 0.3 is 0 Å². The highest BCUT2D eigenvalue weighted by atomic mass is 16.2. The normalized spacial score (nSPS) is 30.4. The van der Waals surface area contributed by atoms with Crippen molar-refractivity contribution in [2.75, 3.05) is 18.1 Å². The molecule has 160 valence electrons. The topological polar surface area (TPSA) is 106 Å². The number of nitrogens with zero attached hydrogens (tertiary/aromatic N) is 1. The maximum atomic E-state index is 13.0. The van der Waals surface area contributed by atoms with Crippen molar-refractivity contribution in [1.82, 2.24) is 9.88 Å². The van der Waals surface area contributed by atoms with Crippen LogP contribution in [0.2, 0.25) is 0 Å². The van der Waals surface area contributed by atoms with Gasteiger partial charge in [0.05, 0.1) is 22.5 Å². The van der Waals surface area contributed by atoms with Gasteiger partial charge in [-0.1, -0.05) is 6.07 Å². The van der Waals surface area contributed by atoms with E-state index in [9.17, 15) is 14.4 Å². The smallest absolute Gasteiger partial charge is 0.262 e. The van der Waals surface area contributed by atoms with Crippen LogP contribution in [0.15, 0.2) is 29.1 Å². The number of hydrogen-bond donors (Lipinski definition) is 3. The second-order valence-electron chi connectivity index (χ2n) is 9.95. The zero-order chi connectivity index (χ0) is 21.5. The lowest BCUT2D eigenvalue weighted by molar-refractivity contribution is -0.00518. The third-order valence-corrected chi connectivity index (χ3v) is 8.11. The number of fused-ring (bicyclic) bond motifs is 1. The number of carbonyl (C=O) groups is 2. The Kier molecular flexibility index (Phi) is 3.74. The Hall–Kier alpha value is -3.09. The van der Waals surface area contributed by atoms with E-state index in [0.29, 0.717) is 5.69 Å². The van der Waals surface area contributed by atoms with Gasteiger partial charge in [-0.25, -0.2) is 0 Å². The number of carbonyl (C=O) groups excluding carboxylic acids is 2. The van der Waals surface area contributed by atoms with Gasteiger partial charge in [-0.15, -0.1) is 0 Å².